The fourth-order valence-electron chi connectivity index (χ4n) is 2.53. The Morgan fingerprint density at radius 1 is 1.29 bits per heavy atom. The van der Waals surface area contributed by atoms with Crippen molar-refractivity contribution in [1.82, 2.24) is 20.1 Å². The van der Waals surface area contributed by atoms with E-state index in [9.17, 15) is 4.39 Å². The number of hydrogen-bond donors (Lipinski definition) is 1. The lowest BCUT2D eigenvalue weighted by atomic mass is 9.95. The van der Waals surface area contributed by atoms with Crippen molar-refractivity contribution in [2.45, 2.75) is 33.2 Å². The molecule has 4 nitrogen and oxygen atoms in total. The molecule has 0 aliphatic rings. The van der Waals surface area contributed by atoms with Crippen LogP contribution >= 0.6 is 0 Å². The molecule has 114 valence electrons. The highest BCUT2D eigenvalue weighted by atomic mass is 19.1. The van der Waals surface area contributed by atoms with E-state index in [-0.39, 0.29) is 5.82 Å². The van der Waals surface area contributed by atoms with Gasteiger partial charge in [0.2, 0.25) is 0 Å². The maximum atomic E-state index is 13.3. The molecular weight excluding hydrogens is 267 g/mol. The molecule has 0 saturated carbocycles. The second kappa shape index (κ2) is 7.88. The first-order chi connectivity index (χ1) is 10.2. The summed E-state index contributed by atoms with van der Waals surface area (Å²) < 4.78 is 15.2. The average molecular weight is 290 g/mol. The van der Waals surface area contributed by atoms with Crippen molar-refractivity contribution in [2.24, 2.45) is 5.92 Å². The zero-order valence-corrected chi connectivity index (χ0v) is 12.7. The van der Waals surface area contributed by atoms with Gasteiger partial charge < -0.3 is 5.32 Å². The second-order valence-electron chi connectivity index (χ2n) is 5.20. The van der Waals surface area contributed by atoms with Crippen LogP contribution in [0.2, 0.25) is 0 Å². The summed E-state index contributed by atoms with van der Waals surface area (Å²) in [4.78, 5) is 4.34. The summed E-state index contributed by atoms with van der Waals surface area (Å²) in [5.41, 5.74) is 1.03. The van der Waals surface area contributed by atoms with Crippen LogP contribution in [0.15, 0.2) is 30.6 Å². The van der Waals surface area contributed by atoms with Gasteiger partial charge in [0.15, 0.2) is 0 Å². The first-order valence-electron chi connectivity index (χ1n) is 7.54. The minimum atomic E-state index is -0.175. The third-order valence-electron chi connectivity index (χ3n) is 3.56. The Bertz CT molecular complexity index is 553. The number of rotatable bonds is 8. The van der Waals surface area contributed by atoms with Crippen LogP contribution in [0, 0.1) is 11.7 Å². The predicted molar refractivity (Wildman–Crippen MR) is 81.5 cm³/mol. The lowest BCUT2D eigenvalue weighted by Crippen LogP contribution is -2.26. The molecule has 0 saturated heterocycles. The van der Waals surface area contributed by atoms with E-state index in [0.29, 0.717) is 5.92 Å². The number of benzene rings is 1. The largest absolute Gasteiger partial charge is 0.317 e. The molecule has 0 fully saturated rings. The zero-order chi connectivity index (χ0) is 15.1. The quantitative estimate of drug-likeness (QED) is 0.812. The summed E-state index contributed by atoms with van der Waals surface area (Å²) in [6.45, 7) is 6.80. The fourth-order valence-corrected chi connectivity index (χ4v) is 2.53. The summed E-state index contributed by atoms with van der Waals surface area (Å²) in [5, 5.41) is 7.60. The van der Waals surface area contributed by atoms with Gasteiger partial charge in [0.1, 0.15) is 18.0 Å². The van der Waals surface area contributed by atoms with Gasteiger partial charge in [-0.2, -0.15) is 5.10 Å². The molecule has 0 aliphatic carbocycles. The van der Waals surface area contributed by atoms with E-state index in [0.717, 1.165) is 43.9 Å². The molecule has 1 heterocycles. The normalized spacial score (nSPS) is 12.5. The van der Waals surface area contributed by atoms with Gasteiger partial charge in [-0.3, -0.25) is 4.68 Å². The lowest BCUT2D eigenvalue weighted by molar-refractivity contribution is 0.452. The molecule has 0 spiro atoms. The van der Waals surface area contributed by atoms with E-state index in [2.05, 4.69) is 29.2 Å². The van der Waals surface area contributed by atoms with Crippen molar-refractivity contribution in [3.8, 4) is 0 Å². The molecule has 1 aromatic heterocycles. The Morgan fingerprint density at radius 2 is 2.14 bits per heavy atom. The van der Waals surface area contributed by atoms with Crippen LogP contribution < -0.4 is 5.32 Å². The van der Waals surface area contributed by atoms with Crippen molar-refractivity contribution in [3.63, 3.8) is 0 Å². The molecule has 5 heteroatoms. The molecule has 0 bridgehead atoms. The number of nitrogens with zero attached hydrogens (tertiary/aromatic N) is 3. The van der Waals surface area contributed by atoms with Gasteiger partial charge in [-0.1, -0.05) is 19.1 Å². The third kappa shape index (κ3) is 4.63. The van der Waals surface area contributed by atoms with Crippen molar-refractivity contribution in [3.05, 3.63) is 47.8 Å². The summed E-state index contributed by atoms with van der Waals surface area (Å²) in [7, 11) is 0. The highest BCUT2D eigenvalue weighted by Crippen LogP contribution is 2.14. The van der Waals surface area contributed by atoms with E-state index in [1.54, 1.807) is 18.5 Å². The Balaban J connectivity index is 2.07. The molecule has 0 aliphatic heterocycles. The van der Waals surface area contributed by atoms with E-state index in [1.165, 1.54) is 6.07 Å². The number of hydrogen-bond acceptors (Lipinski definition) is 3. The Hall–Kier alpha value is -1.75. The van der Waals surface area contributed by atoms with Crippen LogP contribution in [-0.4, -0.2) is 27.9 Å². The monoisotopic (exact) mass is 290 g/mol. The zero-order valence-electron chi connectivity index (χ0n) is 12.7. The molecule has 1 aromatic carbocycles. The summed E-state index contributed by atoms with van der Waals surface area (Å²) in [6, 6.07) is 6.84. The summed E-state index contributed by atoms with van der Waals surface area (Å²) in [6.07, 6.45) is 3.28. The van der Waals surface area contributed by atoms with Crippen molar-refractivity contribution in [2.75, 3.05) is 13.1 Å². The summed E-state index contributed by atoms with van der Waals surface area (Å²) in [5.74, 6) is 1.20. The molecule has 0 radical (unpaired) electrons. The standard InChI is InChI=1S/C16H23FN4/c1-3-18-11-14(8-13-6-5-7-15(17)9-13)10-16-19-12-20-21(16)4-2/h5-7,9,12,14,18H,3-4,8,10-11H2,1-2H3. The number of aryl methyl sites for hydroxylation is 1. The van der Waals surface area contributed by atoms with E-state index < -0.39 is 0 Å². The highest BCUT2D eigenvalue weighted by Gasteiger charge is 2.14. The van der Waals surface area contributed by atoms with Crippen LogP contribution in [0.25, 0.3) is 0 Å². The van der Waals surface area contributed by atoms with Gasteiger partial charge >= 0.3 is 0 Å². The highest BCUT2D eigenvalue weighted by molar-refractivity contribution is 5.17. The first kappa shape index (κ1) is 15.6. The van der Waals surface area contributed by atoms with Gasteiger partial charge in [-0.25, -0.2) is 9.37 Å². The van der Waals surface area contributed by atoms with Crippen LogP contribution in [0.4, 0.5) is 4.39 Å². The lowest BCUT2D eigenvalue weighted by Gasteiger charge is -2.17. The van der Waals surface area contributed by atoms with Gasteiger partial charge in [-0.05, 0) is 50.0 Å². The van der Waals surface area contributed by atoms with Gasteiger partial charge in [0, 0.05) is 13.0 Å². The molecule has 1 unspecified atom stereocenters. The van der Waals surface area contributed by atoms with E-state index >= 15 is 0 Å². The average Bonchev–Trinajstić information content (AvgIpc) is 2.92. The number of aromatic nitrogens is 3. The molecular formula is C16H23FN4. The number of nitrogens with one attached hydrogen (secondary N) is 1. The van der Waals surface area contributed by atoms with Crippen molar-refractivity contribution < 1.29 is 4.39 Å². The topological polar surface area (TPSA) is 42.7 Å². The van der Waals surface area contributed by atoms with E-state index in [4.69, 9.17) is 0 Å². The minimum absolute atomic E-state index is 0.175. The van der Waals surface area contributed by atoms with Crippen LogP contribution in [0.5, 0.6) is 0 Å². The van der Waals surface area contributed by atoms with Gasteiger partial charge in [0.25, 0.3) is 0 Å². The maximum absolute atomic E-state index is 13.3. The van der Waals surface area contributed by atoms with Crippen molar-refractivity contribution in [1.29, 1.82) is 0 Å². The smallest absolute Gasteiger partial charge is 0.138 e. The SMILES string of the molecule is CCNCC(Cc1cccc(F)c1)Cc1ncnn1CC. The Labute approximate surface area is 125 Å². The molecule has 2 rings (SSSR count). The number of halogens is 1. The molecule has 21 heavy (non-hydrogen) atoms. The van der Waals surface area contributed by atoms with E-state index in [1.807, 2.05) is 10.7 Å². The van der Waals surface area contributed by atoms with Gasteiger partial charge in [-0.15, -0.1) is 0 Å². The van der Waals surface area contributed by atoms with Crippen LogP contribution in [0.1, 0.15) is 25.2 Å². The van der Waals surface area contributed by atoms with Crippen LogP contribution in [-0.2, 0) is 19.4 Å². The third-order valence-corrected chi connectivity index (χ3v) is 3.56. The second-order valence-corrected chi connectivity index (χ2v) is 5.20. The fraction of sp³-hybridized carbons (Fsp3) is 0.500. The molecule has 0 amide bonds. The van der Waals surface area contributed by atoms with Crippen molar-refractivity contribution >= 4 is 0 Å². The Morgan fingerprint density at radius 3 is 2.86 bits per heavy atom. The van der Waals surface area contributed by atoms with Gasteiger partial charge in [0.05, 0.1) is 0 Å². The Kier molecular flexibility index (Phi) is 5.87. The van der Waals surface area contributed by atoms with Crippen LogP contribution in [0.3, 0.4) is 0 Å². The minimum Gasteiger partial charge on any atom is -0.317 e. The molecule has 2 aromatic rings. The first-order valence-corrected chi connectivity index (χ1v) is 7.54. The molecule has 1 N–H and O–H groups in total. The molecule has 1 atom stereocenters. The maximum Gasteiger partial charge on any atom is 0.138 e. The summed E-state index contributed by atoms with van der Waals surface area (Å²) >= 11 is 0. The predicted octanol–water partition coefficient (Wildman–Crippen LogP) is 2.45.